The molecular weight excluding hydrogens is 358 g/mol. The van der Waals surface area contributed by atoms with Gasteiger partial charge in [-0.2, -0.15) is 23.5 Å². The lowest BCUT2D eigenvalue weighted by atomic mass is 10.4. The number of aromatic nitrogens is 4. The summed E-state index contributed by atoms with van der Waals surface area (Å²) < 4.78 is 0. The van der Waals surface area contributed by atoms with Crippen LogP contribution in [0.25, 0.3) is 0 Å². The van der Waals surface area contributed by atoms with E-state index in [0.717, 1.165) is 52.3 Å². The number of nitrogens with zero attached hydrogens (tertiary/aromatic N) is 3. The zero-order chi connectivity index (χ0) is 17.9. The molecule has 0 radical (unpaired) electrons. The third kappa shape index (κ3) is 7.00. The second-order valence-corrected chi connectivity index (χ2v) is 7.52. The Kier molecular flexibility index (Phi) is 8.70. The van der Waals surface area contributed by atoms with Crippen molar-refractivity contribution in [1.82, 2.24) is 30.7 Å². The van der Waals surface area contributed by atoms with Gasteiger partial charge in [-0.25, -0.2) is 15.4 Å². The Bertz CT molecular complexity index is 656. The van der Waals surface area contributed by atoms with Crippen LogP contribution in [0.1, 0.15) is 22.8 Å². The van der Waals surface area contributed by atoms with Crippen molar-refractivity contribution < 1.29 is 5.21 Å². The number of nitrogens with one attached hydrogen (secondary N) is 4. The standard InChI is InChI=1S/C15H25N7OS2/c1-11-13(20-9-18-11)7-24-5-3-16-15(22-23)17-4-6-25-8-14-12(2)19-10-21-14/h9-10,23H,3-8H2,1-2H3,(H,18,20)(H,19,21)(H2,16,17,22). The lowest BCUT2D eigenvalue weighted by molar-refractivity contribution is 0.229. The molecule has 0 aromatic carbocycles. The summed E-state index contributed by atoms with van der Waals surface area (Å²) in [7, 11) is 0. The van der Waals surface area contributed by atoms with E-state index in [9.17, 15) is 0 Å². The van der Waals surface area contributed by atoms with Crippen molar-refractivity contribution >= 4 is 29.5 Å². The van der Waals surface area contributed by atoms with E-state index in [-0.39, 0.29) is 0 Å². The van der Waals surface area contributed by atoms with Gasteiger partial charge >= 0.3 is 0 Å². The summed E-state index contributed by atoms with van der Waals surface area (Å²) in [5, 5.41) is 12.2. The van der Waals surface area contributed by atoms with E-state index >= 15 is 0 Å². The summed E-state index contributed by atoms with van der Waals surface area (Å²) >= 11 is 3.58. The fourth-order valence-corrected chi connectivity index (χ4v) is 3.76. The summed E-state index contributed by atoms with van der Waals surface area (Å²) in [6.45, 7) is 5.35. The quantitative estimate of drug-likeness (QED) is 0.184. The lowest BCUT2D eigenvalue weighted by Gasteiger charge is -2.08. The van der Waals surface area contributed by atoms with E-state index < -0.39 is 0 Å². The number of aliphatic imine (C=N–C) groups is 1. The van der Waals surface area contributed by atoms with Crippen molar-refractivity contribution in [2.45, 2.75) is 25.4 Å². The van der Waals surface area contributed by atoms with Crippen LogP contribution < -0.4 is 10.8 Å². The first-order chi connectivity index (χ1) is 12.2. The molecule has 10 heteroatoms. The molecule has 0 amide bonds. The predicted molar refractivity (Wildman–Crippen MR) is 104 cm³/mol. The number of imidazole rings is 2. The molecule has 0 atom stereocenters. The predicted octanol–water partition coefficient (Wildman–Crippen LogP) is 1.84. The van der Waals surface area contributed by atoms with E-state index in [1.54, 1.807) is 36.2 Å². The normalized spacial score (nSPS) is 11.7. The number of rotatable bonds is 10. The van der Waals surface area contributed by atoms with Gasteiger partial charge < -0.3 is 15.3 Å². The third-order valence-electron chi connectivity index (χ3n) is 3.51. The molecule has 0 fully saturated rings. The highest BCUT2D eigenvalue weighted by Gasteiger charge is 2.02. The highest BCUT2D eigenvalue weighted by atomic mass is 32.2. The van der Waals surface area contributed by atoms with Crippen LogP contribution in [-0.4, -0.2) is 55.7 Å². The van der Waals surface area contributed by atoms with Gasteiger partial charge in [0.05, 0.1) is 30.6 Å². The molecule has 0 spiro atoms. The Morgan fingerprint density at radius 3 is 2.20 bits per heavy atom. The van der Waals surface area contributed by atoms with Gasteiger partial charge in [0.15, 0.2) is 0 Å². The third-order valence-corrected chi connectivity index (χ3v) is 5.46. The molecule has 0 unspecified atom stereocenters. The Morgan fingerprint density at radius 1 is 1.08 bits per heavy atom. The van der Waals surface area contributed by atoms with Gasteiger partial charge in [0.2, 0.25) is 5.96 Å². The molecule has 0 aliphatic heterocycles. The zero-order valence-electron chi connectivity index (χ0n) is 14.5. The monoisotopic (exact) mass is 383 g/mol. The fourth-order valence-electron chi connectivity index (χ4n) is 2.01. The lowest BCUT2D eigenvalue weighted by Crippen LogP contribution is -2.36. The van der Waals surface area contributed by atoms with Gasteiger partial charge in [-0.15, -0.1) is 0 Å². The summed E-state index contributed by atoms with van der Waals surface area (Å²) in [4.78, 5) is 18.9. The number of hydroxylamine groups is 1. The highest BCUT2D eigenvalue weighted by Crippen LogP contribution is 2.12. The number of aryl methyl sites for hydroxylation is 2. The van der Waals surface area contributed by atoms with Gasteiger partial charge in [0.25, 0.3) is 0 Å². The Labute approximate surface area is 156 Å². The number of aromatic amines is 2. The Hall–Kier alpha value is -1.65. The molecule has 2 aromatic heterocycles. The molecule has 0 aliphatic rings. The van der Waals surface area contributed by atoms with Gasteiger partial charge in [-0.1, -0.05) is 0 Å². The molecule has 5 N–H and O–H groups in total. The fraction of sp³-hybridized carbons (Fsp3) is 0.533. The average Bonchev–Trinajstić information content (AvgIpc) is 3.21. The molecule has 2 aromatic rings. The largest absolute Gasteiger partial charge is 0.354 e. The van der Waals surface area contributed by atoms with Crippen LogP contribution in [0.2, 0.25) is 0 Å². The van der Waals surface area contributed by atoms with Crippen LogP contribution in [0.5, 0.6) is 0 Å². The maximum Gasteiger partial charge on any atom is 0.215 e. The first-order valence-electron chi connectivity index (χ1n) is 8.02. The van der Waals surface area contributed by atoms with Crippen molar-refractivity contribution in [3.8, 4) is 0 Å². The van der Waals surface area contributed by atoms with E-state index in [4.69, 9.17) is 5.21 Å². The number of thioether (sulfide) groups is 2. The van der Waals surface area contributed by atoms with Crippen LogP contribution in [0.3, 0.4) is 0 Å². The summed E-state index contributed by atoms with van der Waals surface area (Å²) in [6.07, 6.45) is 3.43. The maximum absolute atomic E-state index is 9.13. The number of H-pyrrole nitrogens is 2. The first-order valence-corrected chi connectivity index (χ1v) is 10.3. The summed E-state index contributed by atoms with van der Waals surface area (Å²) in [6, 6.07) is 0. The second-order valence-electron chi connectivity index (χ2n) is 5.31. The van der Waals surface area contributed by atoms with Gasteiger partial charge in [0.1, 0.15) is 0 Å². The second kappa shape index (κ2) is 11.1. The topological polar surface area (TPSA) is 114 Å². The maximum atomic E-state index is 9.13. The molecule has 2 heterocycles. The van der Waals surface area contributed by atoms with Crippen LogP contribution in [0.4, 0.5) is 0 Å². The Balaban J connectivity index is 1.55. The molecule has 0 saturated heterocycles. The minimum absolute atomic E-state index is 0.414. The number of hydrogen-bond donors (Lipinski definition) is 5. The minimum Gasteiger partial charge on any atom is -0.354 e. The molecule has 0 bridgehead atoms. The van der Waals surface area contributed by atoms with Crippen molar-refractivity contribution in [2.24, 2.45) is 4.99 Å². The van der Waals surface area contributed by atoms with E-state index in [1.807, 2.05) is 13.8 Å². The molecule has 8 nitrogen and oxygen atoms in total. The minimum atomic E-state index is 0.414. The number of guanidine groups is 1. The van der Waals surface area contributed by atoms with Crippen LogP contribution in [-0.2, 0) is 11.5 Å². The Morgan fingerprint density at radius 2 is 1.68 bits per heavy atom. The molecule has 138 valence electrons. The van der Waals surface area contributed by atoms with Crippen LogP contribution in [0.15, 0.2) is 17.6 Å². The van der Waals surface area contributed by atoms with E-state index in [1.165, 1.54) is 0 Å². The van der Waals surface area contributed by atoms with Gasteiger partial charge in [-0.05, 0) is 13.8 Å². The van der Waals surface area contributed by atoms with Crippen molar-refractivity contribution in [3.63, 3.8) is 0 Å². The summed E-state index contributed by atoms with van der Waals surface area (Å²) in [5.74, 6) is 3.99. The molecular formula is C15H25N7OS2. The van der Waals surface area contributed by atoms with Gasteiger partial charge in [-0.3, -0.25) is 10.2 Å². The smallest absolute Gasteiger partial charge is 0.215 e. The van der Waals surface area contributed by atoms with Crippen molar-refractivity contribution in [1.29, 1.82) is 0 Å². The van der Waals surface area contributed by atoms with Crippen molar-refractivity contribution in [2.75, 3.05) is 24.6 Å². The molecule has 0 aliphatic carbocycles. The van der Waals surface area contributed by atoms with Crippen LogP contribution in [0, 0.1) is 13.8 Å². The average molecular weight is 384 g/mol. The summed E-state index contributed by atoms with van der Waals surface area (Å²) in [5.41, 5.74) is 6.51. The first kappa shape index (κ1) is 19.7. The number of hydrogen-bond acceptors (Lipinski definition) is 6. The molecule has 0 saturated carbocycles. The van der Waals surface area contributed by atoms with E-state index in [0.29, 0.717) is 12.5 Å². The zero-order valence-corrected chi connectivity index (χ0v) is 16.1. The van der Waals surface area contributed by atoms with E-state index in [2.05, 4.69) is 35.7 Å². The molecule has 2 rings (SSSR count). The van der Waals surface area contributed by atoms with Gasteiger partial charge in [0, 0.05) is 40.9 Å². The van der Waals surface area contributed by atoms with Crippen molar-refractivity contribution in [3.05, 3.63) is 35.4 Å². The molecule has 25 heavy (non-hydrogen) atoms. The highest BCUT2D eigenvalue weighted by molar-refractivity contribution is 7.98. The van der Waals surface area contributed by atoms with Crippen LogP contribution >= 0.6 is 23.5 Å². The SMILES string of the molecule is Cc1nc[nH]c1CSCC/N=C(\NO)NCCSCc1[nH]cnc1C.